The first kappa shape index (κ1) is 75.8. The van der Waals surface area contributed by atoms with Crippen LogP contribution < -0.4 is 5.32 Å². The van der Waals surface area contributed by atoms with Gasteiger partial charge in [0, 0.05) is 12.8 Å². The molecule has 2 atom stereocenters. The molecule has 0 heterocycles. The van der Waals surface area contributed by atoms with Crippen LogP contribution in [-0.2, 0) is 14.3 Å². The molecule has 0 aliphatic heterocycles. The summed E-state index contributed by atoms with van der Waals surface area (Å²) in [7, 11) is 0. The lowest BCUT2D eigenvalue weighted by molar-refractivity contribution is -0.143. The van der Waals surface area contributed by atoms with Gasteiger partial charge in [-0.25, -0.2) is 0 Å². The lowest BCUT2D eigenvalue weighted by atomic mass is 10.0. The maximum absolute atomic E-state index is 12.5. The third kappa shape index (κ3) is 63.0. The molecule has 3 N–H and O–H groups in total. The minimum absolute atomic E-state index is 0.000539. The van der Waals surface area contributed by atoms with E-state index in [0.717, 1.165) is 51.4 Å². The Hall–Kier alpha value is -2.18. The van der Waals surface area contributed by atoms with Crippen molar-refractivity contribution in [2.24, 2.45) is 0 Å². The van der Waals surface area contributed by atoms with Crippen LogP contribution in [0.3, 0.4) is 0 Å². The summed E-state index contributed by atoms with van der Waals surface area (Å²) in [6.45, 7) is 4.89. The highest BCUT2D eigenvalue weighted by Gasteiger charge is 2.18. The Bertz CT molecular complexity index is 1310. The Kier molecular flexibility index (Phi) is 65.4. The predicted octanol–water partition coefficient (Wildman–Crippen LogP) is 22.5. The Morgan fingerprint density at radius 1 is 0.359 bits per heavy atom. The molecule has 0 aromatic heterocycles. The van der Waals surface area contributed by atoms with Crippen LogP contribution in [0.1, 0.15) is 373 Å². The van der Waals surface area contributed by atoms with E-state index in [0.29, 0.717) is 19.4 Å². The van der Waals surface area contributed by atoms with Gasteiger partial charge in [-0.05, 0) is 83.5 Å². The van der Waals surface area contributed by atoms with Gasteiger partial charge in [0.1, 0.15) is 0 Å². The normalized spacial score (nSPS) is 12.8. The lowest BCUT2D eigenvalue weighted by Gasteiger charge is -2.20. The second-order valence-corrected chi connectivity index (χ2v) is 23.9. The molecule has 0 saturated carbocycles. The van der Waals surface area contributed by atoms with E-state index in [9.17, 15) is 19.8 Å². The van der Waals surface area contributed by atoms with E-state index in [1.165, 1.54) is 295 Å². The number of ether oxygens (including phenoxy) is 1. The van der Waals surface area contributed by atoms with Crippen molar-refractivity contribution in [1.29, 1.82) is 0 Å². The number of hydrogen-bond acceptors (Lipinski definition) is 5. The number of aliphatic hydroxyl groups excluding tert-OH is 2. The molecule has 6 heteroatoms. The van der Waals surface area contributed by atoms with Gasteiger partial charge in [-0.1, -0.05) is 326 Å². The highest BCUT2D eigenvalue weighted by atomic mass is 16.5. The zero-order chi connectivity index (χ0) is 56.4. The highest BCUT2D eigenvalue weighted by molar-refractivity contribution is 5.76. The molecule has 0 aromatic carbocycles. The number of rotatable bonds is 65. The fraction of sp³-hybridized carbons (Fsp3) is 0.861. The number of esters is 1. The Morgan fingerprint density at radius 3 is 1.03 bits per heavy atom. The second kappa shape index (κ2) is 67.3. The Balaban J connectivity index is 3.44. The first-order chi connectivity index (χ1) is 38.5. The highest BCUT2D eigenvalue weighted by Crippen LogP contribution is 2.18. The van der Waals surface area contributed by atoms with E-state index in [4.69, 9.17) is 4.74 Å². The van der Waals surface area contributed by atoms with E-state index in [2.05, 4.69) is 55.6 Å². The smallest absolute Gasteiger partial charge is 0.305 e. The van der Waals surface area contributed by atoms with E-state index in [1.54, 1.807) is 6.08 Å². The third-order valence-corrected chi connectivity index (χ3v) is 16.1. The molecular formula is C72H135NO5. The molecule has 458 valence electrons. The zero-order valence-corrected chi connectivity index (χ0v) is 52.4. The van der Waals surface area contributed by atoms with Crippen molar-refractivity contribution in [3.05, 3.63) is 48.6 Å². The Morgan fingerprint density at radius 2 is 0.654 bits per heavy atom. The summed E-state index contributed by atoms with van der Waals surface area (Å²) in [5, 5.41) is 23.2. The van der Waals surface area contributed by atoms with Crippen molar-refractivity contribution in [3.8, 4) is 0 Å². The first-order valence-corrected chi connectivity index (χ1v) is 34.9. The molecule has 0 rings (SSSR count). The van der Waals surface area contributed by atoms with E-state index in [1.807, 2.05) is 6.08 Å². The number of nitrogens with one attached hydrogen (secondary N) is 1. The van der Waals surface area contributed by atoms with Gasteiger partial charge in [-0.2, -0.15) is 0 Å². The van der Waals surface area contributed by atoms with Gasteiger partial charge in [0.15, 0.2) is 0 Å². The fourth-order valence-electron chi connectivity index (χ4n) is 10.7. The lowest BCUT2D eigenvalue weighted by Crippen LogP contribution is -2.45. The number of carbonyl (C=O) groups is 2. The molecule has 0 radical (unpaired) electrons. The molecule has 0 aromatic rings. The number of hydrogen-bond donors (Lipinski definition) is 3. The molecule has 0 aliphatic carbocycles. The maximum Gasteiger partial charge on any atom is 0.305 e. The average Bonchev–Trinajstić information content (AvgIpc) is 3.44. The van der Waals surface area contributed by atoms with Crippen molar-refractivity contribution >= 4 is 11.9 Å². The van der Waals surface area contributed by atoms with Gasteiger partial charge in [-0.15, -0.1) is 0 Å². The van der Waals surface area contributed by atoms with Crippen molar-refractivity contribution in [3.63, 3.8) is 0 Å². The minimum atomic E-state index is -0.847. The molecule has 0 spiro atoms. The van der Waals surface area contributed by atoms with Crippen molar-refractivity contribution in [2.45, 2.75) is 386 Å². The van der Waals surface area contributed by atoms with Gasteiger partial charge in [-0.3, -0.25) is 9.59 Å². The van der Waals surface area contributed by atoms with Crippen LogP contribution in [0.2, 0.25) is 0 Å². The molecule has 0 fully saturated rings. The van der Waals surface area contributed by atoms with Gasteiger partial charge in [0.2, 0.25) is 5.91 Å². The Labute approximate surface area is 486 Å². The molecule has 78 heavy (non-hydrogen) atoms. The quantitative estimate of drug-likeness (QED) is 0.0320. The summed E-state index contributed by atoms with van der Waals surface area (Å²) >= 11 is 0. The van der Waals surface area contributed by atoms with Gasteiger partial charge >= 0.3 is 5.97 Å². The zero-order valence-electron chi connectivity index (χ0n) is 52.4. The van der Waals surface area contributed by atoms with E-state index < -0.39 is 12.1 Å². The number of unbranched alkanes of at least 4 members (excludes halogenated alkanes) is 48. The van der Waals surface area contributed by atoms with Crippen molar-refractivity contribution < 1.29 is 24.5 Å². The van der Waals surface area contributed by atoms with Crippen LogP contribution in [0, 0.1) is 0 Å². The van der Waals surface area contributed by atoms with Crippen LogP contribution in [0.4, 0.5) is 0 Å². The number of aliphatic hydroxyl groups is 2. The fourth-order valence-corrected chi connectivity index (χ4v) is 10.7. The monoisotopic (exact) mass is 1090 g/mol. The molecule has 2 unspecified atom stereocenters. The van der Waals surface area contributed by atoms with Crippen LogP contribution in [0.5, 0.6) is 0 Å². The average molecular weight is 1090 g/mol. The summed E-state index contributed by atoms with van der Waals surface area (Å²) in [6.07, 6.45) is 87.6. The summed E-state index contributed by atoms with van der Waals surface area (Å²) < 4.78 is 5.46. The molecule has 0 aliphatic rings. The van der Waals surface area contributed by atoms with Gasteiger partial charge < -0.3 is 20.3 Å². The molecule has 0 bridgehead atoms. The standard InChI is InChI=1S/C72H135NO5/c1-3-5-7-9-11-13-15-16-17-18-19-29-32-35-38-41-45-48-52-56-60-64-70(75)69(68-74)73-71(76)65-61-57-53-49-46-42-39-36-33-30-27-25-23-21-20-22-24-26-28-31-34-37-40-43-47-51-55-59-63-67-78-72(77)66-62-58-54-50-44-14-12-10-8-6-4-2/h10,12,20,22,26,28,60,64,69-70,74-75H,3-9,11,13-19,21,23-25,27,29-59,61-63,65-68H2,1-2H3,(H,73,76)/b12-10-,22-20-,28-26-,64-60+. The molecule has 6 nitrogen and oxygen atoms in total. The number of allylic oxidation sites excluding steroid dienone is 7. The largest absolute Gasteiger partial charge is 0.466 e. The SMILES string of the molecule is CCCC/C=C\CCCCCCCC(=O)OCCCCCCCCCCC/C=C\C/C=C\CCCCCCCCCCCCCCCC(=O)NC(CO)C(O)/C=C/CCCCCCCCCCCCCCCCCCCCC. The predicted molar refractivity (Wildman–Crippen MR) is 342 cm³/mol. The third-order valence-electron chi connectivity index (χ3n) is 16.1. The molecular weight excluding hydrogens is 959 g/mol. The first-order valence-electron chi connectivity index (χ1n) is 34.9. The second-order valence-electron chi connectivity index (χ2n) is 23.9. The van der Waals surface area contributed by atoms with Crippen LogP contribution in [-0.4, -0.2) is 47.4 Å². The number of carbonyl (C=O) groups excluding carboxylic acids is 2. The summed E-state index contributed by atoms with van der Waals surface area (Å²) in [5.41, 5.74) is 0. The summed E-state index contributed by atoms with van der Waals surface area (Å²) in [5.74, 6) is -0.0654. The van der Waals surface area contributed by atoms with E-state index in [-0.39, 0.29) is 18.5 Å². The van der Waals surface area contributed by atoms with Crippen molar-refractivity contribution in [1.82, 2.24) is 5.32 Å². The molecule has 1 amide bonds. The van der Waals surface area contributed by atoms with E-state index >= 15 is 0 Å². The van der Waals surface area contributed by atoms with Crippen LogP contribution in [0.15, 0.2) is 48.6 Å². The minimum Gasteiger partial charge on any atom is -0.466 e. The number of amides is 1. The van der Waals surface area contributed by atoms with Crippen LogP contribution in [0.25, 0.3) is 0 Å². The van der Waals surface area contributed by atoms with Crippen molar-refractivity contribution in [2.75, 3.05) is 13.2 Å². The van der Waals surface area contributed by atoms with Gasteiger partial charge in [0.05, 0.1) is 25.4 Å². The summed E-state index contributed by atoms with van der Waals surface area (Å²) in [6, 6.07) is -0.630. The van der Waals surface area contributed by atoms with Gasteiger partial charge in [0.25, 0.3) is 0 Å². The molecule has 0 saturated heterocycles. The summed E-state index contributed by atoms with van der Waals surface area (Å²) in [4.78, 5) is 24.5. The topological polar surface area (TPSA) is 95.9 Å². The van der Waals surface area contributed by atoms with Crippen LogP contribution >= 0.6 is 0 Å². The maximum atomic E-state index is 12.5.